The number of nitrogens with zero attached hydrogens (tertiary/aromatic N) is 3. The van der Waals surface area contributed by atoms with Gasteiger partial charge >= 0.3 is 0 Å². The number of nitriles is 1. The highest BCUT2D eigenvalue weighted by Crippen LogP contribution is 2.36. The number of thioether (sulfide) groups is 1. The molecule has 1 aromatic rings. The quantitative estimate of drug-likeness (QED) is 0.791. The summed E-state index contributed by atoms with van der Waals surface area (Å²) in [6, 6.07) is 11.3. The number of amides is 1. The number of allylic oxidation sites excluding steroid dienone is 1. The molecule has 5 heteroatoms. The van der Waals surface area contributed by atoms with Gasteiger partial charge in [0.1, 0.15) is 0 Å². The summed E-state index contributed by atoms with van der Waals surface area (Å²) in [5.74, 6) is 1.00. The van der Waals surface area contributed by atoms with E-state index in [0.29, 0.717) is 12.1 Å². The van der Waals surface area contributed by atoms with Crippen molar-refractivity contribution >= 4 is 22.6 Å². The number of hydrogen-bond donors (Lipinski definition) is 0. The first-order valence-electron chi connectivity index (χ1n) is 10.1. The molecule has 3 atom stereocenters. The van der Waals surface area contributed by atoms with Crippen molar-refractivity contribution in [3.63, 3.8) is 0 Å². The molecular formula is C22H27N3OS. The molecule has 3 aliphatic heterocycles. The van der Waals surface area contributed by atoms with Crippen molar-refractivity contribution in [2.75, 3.05) is 25.4 Å². The van der Waals surface area contributed by atoms with Gasteiger partial charge in [-0.2, -0.15) is 5.26 Å². The maximum atomic E-state index is 13.1. The number of carbonyl (C=O) groups is 1. The third kappa shape index (κ3) is 3.93. The molecular weight excluding hydrogens is 354 g/mol. The Labute approximate surface area is 166 Å². The van der Waals surface area contributed by atoms with Crippen LogP contribution in [0, 0.1) is 17.2 Å². The van der Waals surface area contributed by atoms with Crippen LogP contribution in [0.2, 0.25) is 0 Å². The number of carbonyl (C=O) groups excluding carboxylic acids is 1. The number of likely N-dealkylation sites (tertiary alicyclic amines) is 2. The van der Waals surface area contributed by atoms with Crippen LogP contribution in [0.1, 0.15) is 48.5 Å². The van der Waals surface area contributed by atoms with Gasteiger partial charge in [0.2, 0.25) is 0 Å². The van der Waals surface area contributed by atoms with Gasteiger partial charge in [-0.15, -0.1) is 11.8 Å². The topological polar surface area (TPSA) is 47.3 Å². The van der Waals surface area contributed by atoms with Crippen molar-refractivity contribution in [2.24, 2.45) is 5.92 Å². The zero-order valence-corrected chi connectivity index (χ0v) is 16.8. The molecule has 2 saturated heterocycles. The lowest BCUT2D eigenvalue weighted by Crippen LogP contribution is -2.44. The molecule has 0 bridgehead atoms. The van der Waals surface area contributed by atoms with Crippen LogP contribution in [0.5, 0.6) is 0 Å². The molecule has 2 fully saturated rings. The molecule has 0 spiro atoms. The monoisotopic (exact) mass is 381 g/mol. The van der Waals surface area contributed by atoms with Gasteiger partial charge in [0.25, 0.3) is 5.91 Å². The summed E-state index contributed by atoms with van der Waals surface area (Å²) in [4.78, 5) is 18.9. The molecule has 0 saturated carbocycles. The maximum absolute atomic E-state index is 13.1. The van der Waals surface area contributed by atoms with Crippen molar-refractivity contribution in [1.82, 2.24) is 9.80 Å². The fourth-order valence-corrected chi connectivity index (χ4v) is 5.58. The fourth-order valence-electron chi connectivity index (χ4n) is 4.48. The van der Waals surface area contributed by atoms with Gasteiger partial charge in [0, 0.05) is 41.4 Å². The van der Waals surface area contributed by atoms with E-state index >= 15 is 0 Å². The molecule has 3 heterocycles. The third-order valence-corrected chi connectivity index (χ3v) is 7.34. The highest BCUT2D eigenvalue weighted by molar-refractivity contribution is 8.08. The van der Waals surface area contributed by atoms with E-state index in [2.05, 4.69) is 22.8 Å². The van der Waals surface area contributed by atoms with Gasteiger partial charge in [0.05, 0.1) is 12.0 Å². The van der Waals surface area contributed by atoms with Crippen LogP contribution in [-0.2, 0) is 0 Å². The smallest absolute Gasteiger partial charge is 0.254 e. The van der Waals surface area contributed by atoms with Crippen molar-refractivity contribution in [1.29, 1.82) is 5.26 Å². The predicted molar refractivity (Wildman–Crippen MR) is 110 cm³/mol. The molecule has 4 nitrogen and oxygen atoms in total. The van der Waals surface area contributed by atoms with Gasteiger partial charge in [-0.1, -0.05) is 18.2 Å². The zero-order chi connectivity index (χ0) is 18.8. The van der Waals surface area contributed by atoms with Crippen LogP contribution in [-0.4, -0.2) is 53.2 Å². The molecule has 27 heavy (non-hydrogen) atoms. The van der Waals surface area contributed by atoms with E-state index in [-0.39, 0.29) is 11.8 Å². The Kier molecular flexibility index (Phi) is 5.56. The van der Waals surface area contributed by atoms with E-state index in [1.165, 1.54) is 19.4 Å². The van der Waals surface area contributed by atoms with Gasteiger partial charge < -0.3 is 4.90 Å². The highest BCUT2D eigenvalue weighted by atomic mass is 32.2. The molecule has 4 rings (SSSR count). The second kappa shape index (κ2) is 8.08. The minimum Gasteiger partial charge on any atom is -0.334 e. The molecule has 0 N–H and O–H groups in total. The molecule has 3 unspecified atom stereocenters. The summed E-state index contributed by atoms with van der Waals surface area (Å²) in [6.07, 6.45) is 6.82. The zero-order valence-electron chi connectivity index (χ0n) is 15.9. The first-order valence-corrected chi connectivity index (χ1v) is 11.0. The molecule has 142 valence electrons. The Morgan fingerprint density at radius 3 is 2.67 bits per heavy atom. The lowest BCUT2D eigenvalue weighted by molar-refractivity contribution is 0.0696. The molecule has 1 aromatic carbocycles. The fraction of sp³-hybridized carbons (Fsp3) is 0.545. The molecule has 1 amide bonds. The normalized spacial score (nSPS) is 28.4. The van der Waals surface area contributed by atoms with Crippen LogP contribution >= 0.6 is 11.8 Å². The second-order valence-electron chi connectivity index (χ2n) is 7.94. The van der Waals surface area contributed by atoms with Crippen molar-refractivity contribution in [3.05, 3.63) is 41.5 Å². The lowest BCUT2D eigenvalue weighted by atomic mass is 10.1. The maximum Gasteiger partial charge on any atom is 0.254 e. The average Bonchev–Trinajstić information content (AvgIpc) is 3.43. The summed E-state index contributed by atoms with van der Waals surface area (Å²) >= 11 is 1.72. The lowest BCUT2D eigenvalue weighted by Gasteiger charge is -2.30. The minimum absolute atomic E-state index is 0.00430. The Morgan fingerprint density at radius 1 is 1.22 bits per heavy atom. The van der Waals surface area contributed by atoms with E-state index in [0.717, 1.165) is 47.7 Å². The van der Waals surface area contributed by atoms with Crippen LogP contribution < -0.4 is 0 Å². The number of benzene rings is 1. The Bertz CT molecular complexity index is 767. The largest absolute Gasteiger partial charge is 0.334 e. The number of hydrogen-bond acceptors (Lipinski definition) is 4. The van der Waals surface area contributed by atoms with Crippen LogP contribution in [0.3, 0.4) is 0 Å². The molecule has 0 radical (unpaired) electrons. The van der Waals surface area contributed by atoms with E-state index in [4.69, 9.17) is 5.26 Å². The van der Waals surface area contributed by atoms with Gasteiger partial charge in [-0.25, -0.2) is 0 Å². The van der Waals surface area contributed by atoms with E-state index in [1.54, 1.807) is 11.8 Å². The van der Waals surface area contributed by atoms with Crippen molar-refractivity contribution in [3.8, 4) is 6.07 Å². The van der Waals surface area contributed by atoms with Gasteiger partial charge in [-0.3, -0.25) is 9.69 Å². The molecule has 0 aromatic heterocycles. The van der Waals surface area contributed by atoms with Gasteiger partial charge in [-0.05, 0) is 56.8 Å². The standard InChI is InChI=1S/C22H27N3OS/c1-16-4-2-10-24(16)14-20-5-3-11-25(20)22(26)19-8-6-18(7-9-19)21-12-17(13-23)15-27-21/h6-9,12,16-17,20H,2-5,10-11,14-15H2,1H3. The van der Waals surface area contributed by atoms with Crippen LogP contribution in [0.25, 0.3) is 4.91 Å². The third-order valence-electron chi connectivity index (χ3n) is 6.13. The summed E-state index contributed by atoms with van der Waals surface area (Å²) in [7, 11) is 0. The first kappa shape index (κ1) is 18.6. The van der Waals surface area contributed by atoms with Crippen LogP contribution in [0.4, 0.5) is 0 Å². The van der Waals surface area contributed by atoms with Crippen molar-refractivity contribution in [2.45, 2.75) is 44.7 Å². The summed E-state index contributed by atoms with van der Waals surface area (Å²) in [6.45, 7) is 5.37. The first-order chi connectivity index (χ1) is 13.2. The summed E-state index contributed by atoms with van der Waals surface area (Å²) in [5, 5.41) is 9.05. The second-order valence-corrected chi connectivity index (χ2v) is 9.00. The predicted octanol–water partition coefficient (Wildman–Crippen LogP) is 4.00. The Morgan fingerprint density at radius 2 is 2.00 bits per heavy atom. The summed E-state index contributed by atoms with van der Waals surface area (Å²) in [5.41, 5.74) is 1.89. The summed E-state index contributed by atoms with van der Waals surface area (Å²) < 4.78 is 0. The average molecular weight is 382 g/mol. The molecule has 3 aliphatic rings. The Balaban J connectivity index is 1.43. The highest BCUT2D eigenvalue weighted by Gasteiger charge is 2.33. The van der Waals surface area contributed by atoms with E-state index in [1.807, 2.05) is 30.3 Å². The number of rotatable bonds is 4. The van der Waals surface area contributed by atoms with Gasteiger partial charge in [0.15, 0.2) is 0 Å². The van der Waals surface area contributed by atoms with Crippen molar-refractivity contribution < 1.29 is 4.79 Å². The SMILES string of the molecule is CC1CCCN1CC1CCCN1C(=O)c1ccc(C2=CC(C#N)CS2)cc1. The Hall–Kier alpha value is -1.77. The molecule has 0 aliphatic carbocycles. The van der Waals surface area contributed by atoms with E-state index < -0.39 is 0 Å². The minimum atomic E-state index is 0.00430. The van der Waals surface area contributed by atoms with Crippen LogP contribution in [0.15, 0.2) is 30.3 Å². The van der Waals surface area contributed by atoms with E-state index in [9.17, 15) is 4.79 Å².